The minimum Gasteiger partial charge on any atom is -0.441 e. The molecule has 3 saturated heterocycles. The van der Waals surface area contributed by atoms with Gasteiger partial charge in [0.2, 0.25) is 0 Å². The monoisotopic (exact) mass is 482 g/mol. The van der Waals surface area contributed by atoms with Gasteiger partial charge in [-0.3, -0.25) is 14.7 Å². The highest BCUT2D eigenvalue weighted by Crippen LogP contribution is 2.36. The van der Waals surface area contributed by atoms with E-state index in [1.54, 1.807) is 15.5 Å². The van der Waals surface area contributed by atoms with Gasteiger partial charge in [0.05, 0.1) is 37.0 Å². The molecule has 9 nitrogen and oxygen atoms in total. The van der Waals surface area contributed by atoms with E-state index in [1.165, 1.54) is 12.1 Å². The summed E-state index contributed by atoms with van der Waals surface area (Å²) in [4.78, 5) is 33.2. The number of hydrogen-bond acceptors (Lipinski definition) is 7. The number of amides is 1. The lowest BCUT2D eigenvalue weighted by Crippen LogP contribution is -2.47. The van der Waals surface area contributed by atoms with Gasteiger partial charge in [-0.2, -0.15) is 0 Å². The first-order chi connectivity index (χ1) is 17.0. The fraction of sp³-hybridized carbons (Fsp3) is 0.480. The molecule has 3 aliphatic heterocycles. The number of carbonyl (C=O) groups excluding carboxylic acids is 1. The molecule has 2 atom stereocenters. The molecule has 2 unspecified atom stereocenters. The summed E-state index contributed by atoms with van der Waals surface area (Å²) in [5.74, 6) is -0.467. The number of pyridine rings is 2. The van der Waals surface area contributed by atoms with E-state index < -0.39 is 11.4 Å². The van der Waals surface area contributed by atoms with E-state index in [0.29, 0.717) is 56.7 Å². The van der Waals surface area contributed by atoms with Gasteiger partial charge in [-0.15, -0.1) is 0 Å². The van der Waals surface area contributed by atoms with Crippen molar-refractivity contribution in [2.45, 2.75) is 37.2 Å². The zero-order valence-electron chi connectivity index (χ0n) is 19.3. The van der Waals surface area contributed by atoms with Crippen molar-refractivity contribution in [1.82, 2.24) is 19.4 Å². The molecule has 1 aliphatic carbocycles. The van der Waals surface area contributed by atoms with Crippen molar-refractivity contribution in [2.75, 3.05) is 39.4 Å². The lowest BCUT2D eigenvalue weighted by atomic mass is 9.91. The number of fused-ring (bicyclic) bond motifs is 2. The lowest BCUT2D eigenvalue weighted by Gasteiger charge is -2.37. The Bertz CT molecular complexity index is 1270. The van der Waals surface area contributed by atoms with Gasteiger partial charge in [-0.1, -0.05) is 6.08 Å². The Morgan fingerprint density at radius 2 is 1.89 bits per heavy atom. The molecule has 1 spiro atoms. The van der Waals surface area contributed by atoms with E-state index in [0.717, 1.165) is 25.0 Å². The van der Waals surface area contributed by atoms with Crippen molar-refractivity contribution in [3.05, 3.63) is 64.5 Å². The molecule has 0 N–H and O–H groups in total. The molecule has 184 valence electrons. The maximum Gasteiger partial charge on any atom is 0.415 e. The first kappa shape index (κ1) is 22.4. The predicted octanol–water partition coefficient (Wildman–Crippen LogP) is 2.06. The van der Waals surface area contributed by atoms with Gasteiger partial charge >= 0.3 is 6.09 Å². The van der Waals surface area contributed by atoms with Crippen LogP contribution in [0.3, 0.4) is 0 Å². The molecular weight excluding hydrogens is 455 g/mol. The average molecular weight is 483 g/mol. The number of allylic oxidation sites excluding steroid dienone is 1. The number of carbonyl (C=O) groups is 1. The number of hydrogen-bond donors (Lipinski definition) is 0. The Morgan fingerprint density at radius 3 is 2.71 bits per heavy atom. The number of piperidine rings is 1. The Balaban J connectivity index is 1.09. The topological polar surface area (TPSA) is 86.1 Å². The highest BCUT2D eigenvalue weighted by Gasteiger charge is 2.48. The summed E-state index contributed by atoms with van der Waals surface area (Å²) in [7, 11) is 0. The van der Waals surface area contributed by atoms with Gasteiger partial charge in [-0.05, 0) is 18.2 Å². The summed E-state index contributed by atoms with van der Waals surface area (Å²) in [6, 6.07) is 4.43. The first-order valence-corrected chi connectivity index (χ1v) is 12.0. The van der Waals surface area contributed by atoms with Gasteiger partial charge in [0.1, 0.15) is 23.6 Å². The van der Waals surface area contributed by atoms with Crippen LogP contribution in [0.4, 0.5) is 9.18 Å². The number of likely N-dealkylation sites (tertiary alicyclic amines) is 1. The second kappa shape index (κ2) is 8.85. The van der Waals surface area contributed by atoms with E-state index in [4.69, 9.17) is 14.2 Å². The van der Waals surface area contributed by atoms with Crippen LogP contribution in [-0.4, -0.2) is 82.6 Å². The molecule has 0 saturated carbocycles. The average Bonchev–Trinajstić information content (AvgIpc) is 3.19. The first-order valence-electron chi connectivity index (χ1n) is 12.0. The Kier molecular flexibility index (Phi) is 5.66. The van der Waals surface area contributed by atoms with Crippen LogP contribution in [0, 0.1) is 5.82 Å². The fourth-order valence-corrected chi connectivity index (χ4v) is 5.34. The molecule has 0 radical (unpaired) electrons. The summed E-state index contributed by atoms with van der Waals surface area (Å²) in [5.41, 5.74) is 1.17. The minimum absolute atomic E-state index is 0.107. The molecule has 35 heavy (non-hydrogen) atoms. The third-order valence-corrected chi connectivity index (χ3v) is 7.31. The van der Waals surface area contributed by atoms with Crippen molar-refractivity contribution >= 4 is 17.1 Å². The molecule has 2 aromatic rings. The Labute approximate surface area is 201 Å². The van der Waals surface area contributed by atoms with Crippen LogP contribution in [0.15, 0.2) is 53.1 Å². The van der Waals surface area contributed by atoms with Gasteiger partial charge in [-0.25, -0.2) is 9.18 Å². The number of aromatic nitrogens is 2. The lowest BCUT2D eigenvalue weighted by molar-refractivity contribution is -0.102. The van der Waals surface area contributed by atoms with Crippen molar-refractivity contribution in [1.29, 1.82) is 0 Å². The summed E-state index contributed by atoms with van der Waals surface area (Å²) in [6.07, 6.45) is 7.74. The van der Waals surface area contributed by atoms with Crippen LogP contribution in [0.2, 0.25) is 0 Å². The van der Waals surface area contributed by atoms with Crippen molar-refractivity contribution in [3.8, 4) is 0 Å². The van der Waals surface area contributed by atoms with Crippen LogP contribution in [0.5, 0.6) is 0 Å². The molecule has 5 heterocycles. The van der Waals surface area contributed by atoms with E-state index in [9.17, 15) is 14.0 Å². The number of halogens is 1. The third kappa shape index (κ3) is 4.26. The van der Waals surface area contributed by atoms with Crippen LogP contribution in [0.25, 0.3) is 11.0 Å². The van der Waals surface area contributed by atoms with E-state index in [1.807, 2.05) is 18.2 Å². The van der Waals surface area contributed by atoms with Crippen LogP contribution >= 0.6 is 0 Å². The van der Waals surface area contributed by atoms with Gasteiger partial charge in [0.15, 0.2) is 0 Å². The Morgan fingerprint density at radius 1 is 1.09 bits per heavy atom. The normalized spacial score (nSPS) is 26.1. The third-order valence-electron chi connectivity index (χ3n) is 7.31. The maximum absolute atomic E-state index is 13.7. The molecule has 10 heteroatoms. The van der Waals surface area contributed by atoms with E-state index >= 15 is 0 Å². The molecule has 4 aliphatic rings. The zero-order chi connectivity index (χ0) is 24.0. The highest BCUT2D eigenvalue weighted by molar-refractivity contribution is 5.74. The van der Waals surface area contributed by atoms with Crippen LogP contribution in [-0.2, 0) is 20.8 Å². The van der Waals surface area contributed by atoms with E-state index in [2.05, 4.69) is 9.88 Å². The van der Waals surface area contributed by atoms with Gasteiger partial charge in [0, 0.05) is 56.9 Å². The van der Waals surface area contributed by atoms with Crippen LogP contribution < -0.4 is 5.56 Å². The summed E-state index contributed by atoms with van der Waals surface area (Å²) in [6.45, 7) is 4.16. The summed E-state index contributed by atoms with van der Waals surface area (Å²) < 4.78 is 32.7. The van der Waals surface area contributed by atoms with Gasteiger partial charge in [0.25, 0.3) is 5.56 Å². The summed E-state index contributed by atoms with van der Waals surface area (Å²) >= 11 is 0. The standard InChI is InChI=1S/C25H27FN4O5/c26-17-13-20-19(27-15-17)2-4-23(31)29(20)10-9-28-7-5-25(6-8-28)16-30(24(32)35-25)18-1-3-21-22(14-18)34-12-11-33-21/h1-4,13-15,21-22H,5-12,16H2. The van der Waals surface area contributed by atoms with Crippen molar-refractivity contribution in [3.63, 3.8) is 0 Å². The molecule has 6 rings (SSSR count). The SMILES string of the molecule is O=C1OC2(CCN(CCn3c(=O)ccc4ncc(F)cc43)CC2)CN1C1=CC2OCCOC2C=C1. The molecule has 0 aromatic carbocycles. The van der Waals surface area contributed by atoms with Crippen LogP contribution in [0.1, 0.15) is 12.8 Å². The Hall–Kier alpha value is -3.08. The smallest absolute Gasteiger partial charge is 0.415 e. The predicted molar refractivity (Wildman–Crippen MR) is 124 cm³/mol. The molecule has 0 bridgehead atoms. The second-order valence-electron chi connectivity index (χ2n) is 9.48. The van der Waals surface area contributed by atoms with Crippen molar-refractivity contribution in [2.24, 2.45) is 0 Å². The molecular formula is C25H27FN4O5. The minimum atomic E-state index is -0.521. The second-order valence-corrected chi connectivity index (χ2v) is 9.48. The maximum atomic E-state index is 13.7. The molecule has 1 amide bonds. The quantitative estimate of drug-likeness (QED) is 0.660. The van der Waals surface area contributed by atoms with E-state index in [-0.39, 0.29) is 23.9 Å². The highest BCUT2D eigenvalue weighted by atomic mass is 19.1. The molecule has 2 aromatic heterocycles. The fourth-order valence-electron chi connectivity index (χ4n) is 5.34. The largest absolute Gasteiger partial charge is 0.441 e. The summed E-state index contributed by atoms with van der Waals surface area (Å²) in [5, 5.41) is 0. The van der Waals surface area contributed by atoms with Crippen molar-refractivity contribution < 1.29 is 23.4 Å². The number of nitrogens with zero attached hydrogens (tertiary/aromatic N) is 4. The zero-order valence-corrected chi connectivity index (χ0v) is 19.3. The molecule has 3 fully saturated rings. The number of rotatable bonds is 4. The number of ether oxygens (including phenoxy) is 3. The van der Waals surface area contributed by atoms with Gasteiger partial charge < -0.3 is 23.7 Å².